The van der Waals surface area contributed by atoms with E-state index in [1.165, 1.54) is 6.08 Å². The summed E-state index contributed by atoms with van der Waals surface area (Å²) >= 11 is 0. The summed E-state index contributed by atoms with van der Waals surface area (Å²) in [4.78, 5) is 23.8. The summed E-state index contributed by atoms with van der Waals surface area (Å²) in [7, 11) is 0. The van der Waals surface area contributed by atoms with E-state index < -0.39 is 12.1 Å². The molecule has 182 valence electrons. The lowest BCUT2D eigenvalue weighted by molar-refractivity contribution is -0.137. The van der Waals surface area contributed by atoms with Crippen molar-refractivity contribution >= 4 is 17.8 Å². The maximum absolute atomic E-state index is 12.8. The van der Waals surface area contributed by atoms with Crippen LogP contribution in [0, 0.1) is 12.3 Å². The van der Waals surface area contributed by atoms with Gasteiger partial charge >= 0.3 is 5.97 Å². The van der Waals surface area contributed by atoms with Crippen molar-refractivity contribution in [2.24, 2.45) is 5.41 Å². The molecule has 2 aromatic rings. The maximum Gasteiger partial charge on any atom is 0.328 e. The van der Waals surface area contributed by atoms with Crippen molar-refractivity contribution in [2.45, 2.75) is 78.2 Å². The average Bonchev–Trinajstić information content (AvgIpc) is 2.79. The summed E-state index contributed by atoms with van der Waals surface area (Å²) in [5.74, 6) is -0.114. The van der Waals surface area contributed by atoms with Gasteiger partial charge in [-0.2, -0.15) is 0 Å². The van der Waals surface area contributed by atoms with Gasteiger partial charge in [0.2, 0.25) is 0 Å². The highest BCUT2D eigenvalue weighted by Gasteiger charge is 2.39. The van der Waals surface area contributed by atoms with E-state index in [4.69, 9.17) is 9.84 Å². The molecule has 1 aliphatic rings. The highest BCUT2D eigenvalue weighted by atomic mass is 16.5. The van der Waals surface area contributed by atoms with Crippen molar-refractivity contribution in [3.63, 3.8) is 0 Å². The van der Waals surface area contributed by atoms with Gasteiger partial charge in [0.15, 0.2) is 11.9 Å². The van der Waals surface area contributed by atoms with Crippen LogP contribution in [-0.4, -0.2) is 28.1 Å². The molecule has 5 heteroatoms. The molecule has 2 aromatic carbocycles. The highest BCUT2D eigenvalue weighted by molar-refractivity contribution is 5.89. The van der Waals surface area contributed by atoms with Crippen LogP contribution in [0.3, 0.4) is 0 Å². The Morgan fingerprint density at radius 1 is 1.15 bits per heavy atom. The molecule has 0 aromatic heterocycles. The second-order valence-corrected chi connectivity index (χ2v) is 9.96. The third-order valence-electron chi connectivity index (χ3n) is 7.42. The van der Waals surface area contributed by atoms with E-state index in [1.807, 2.05) is 39.0 Å². The molecule has 0 spiro atoms. The molecule has 0 radical (unpaired) electrons. The van der Waals surface area contributed by atoms with E-state index in [9.17, 15) is 14.7 Å². The molecule has 1 aliphatic carbocycles. The number of phenolic OH excluding ortho intramolecular Hbond substituents is 1. The number of hydrogen-bond donors (Lipinski definition) is 2. The summed E-state index contributed by atoms with van der Waals surface area (Å²) in [6.45, 7) is 10.3. The molecule has 3 rings (SSSR count). The number of aryl methyl sites for hydroxylation is 1. The van der Waals surface area contributed by atoms with Crippen LogP contribution in [0.15, 0.2) is 42.5 Å². The molecule has 1 saturated carbocycles. The number of hydrogen-bond acceptors (Lipinski definition) is 4. The predicted molar refractivity (Wildman–Crippen MR) is 134 cm³/mol. The second-order valence-electron chi connectivity index (χ2n) is 9.96. The van der Waals surface area contributed by atoms with Crippen LogP contribution in [0.25, 0.3) is 6.08 Å². The summed E-state index contributed by atoms with van der Waals surface area (Å²) in [6.07, 6.45) is 6.32. The standard InChI is InChI=1S/C29H36O5/c1-6-29(7-2,22-11-13-23(30)20(18-22)10-15-26(31)32)21-12-14-24(19(3)17-21)34-25-9-8-16-28(4,5)27(25)33/h10-15,17-18,25,30H,6-9,16H2,1-5H3,(H,31,32)/b15-10+. The van der Waals surface area contributed by atoms with Gasteiger partial charge in [0, 0.05) is 22.5 Å². The number of Topliss-reactive ketones (excluding diaryl/α,β-unsaturated/α-hetero) is 1. The summed E-state index contributed by atoms with van der Waals surface area (Å²) in [5.41, 5.74) is 2.92. The van der Waals surface area contributed by atoms with Crippen LogP contribution >= 0.6 is 0 Å². The van der Waals surface area contributed by atoms with Crippen LogP contribution in [-0.2, 0) is 15.0 Å². The number of ether oxygens (including phenoxy) is 1. The van der Waals surface area contributed by atoms with Gasteiger partial charge < -0.3 is 14.9 Å². The van der Waals surface area contributed by atoms with Crippen LogP contribution in [0.4, 0.5) is 0 Å². The van der Waals surface area contributed by atoms with Gasteiger partial charge in [-0.1, -0.05) is 45.9 Å². The molecular formula is C29H36O5. The lowest BCUT2D eigenvalue weighted by Gasteiger charge is -2.35. The quantitative estimate of drug-likeness (QED) is 0.440. The number of aromatic hydroxyl groups is 1. The number of rotatable bonds is 8. The topological polar surface area (TPSA) is 83.8 Å². The van der Waals surface area contributed by atoms with Crippen LogP contribution < -0.4 is 4.74 Å². The Balaban J connectivity index is 1.97. The predicted octanol–water partition coefficient (Wildman–Crippen LogP) is 6.43. The molecule has 0 aliphatic heterocycles. The molecule has 0 amide bonds. The summed E-state index contributed by atoms with van der Waals surface area (Å²) in [5, 5.41) is 19.2. The fraction of sp³-hybridized carbons (Fsp3) is 0.448. The number of carbonyl (C=O) groups excluding carboxylic acids is 1. The van der Waals surface area contributed by atoms with Gasteiger partial charge in [0.05, 0.1) is 0 Å². The first-order valence-corrected chi connectivity index (χ1v) is 12.1. The SMILES string of the molecule is CCC(CC)(c1ccc(OC2CCCC(C)(C)C2=O)c(C)c1)c1ccc(O)c(/C=C/C(=O)O)c1. The second kappa shape index (κ2) is 10.0. The van der Waals surface area contributed by atoms with Crippen molar-refractivity contribution in [3.05, 3.63) is 64.7 Å². The number of aliphatic carboxylic acids is 1. The van der Waals surface area contributed by atoms with Crippen molar-refractivity contribution in [1.82, 2.24) is 0 Å². The number of ketones is 1. The number of carbonyl (C=O) groups is 2. The largest absolute Gasteiger partial charge is 0.507 e. The summed E-state index contributed by atoms with van der Waals surface area (Å²) in [6, 6.07) is 11.5. The first kappa shape index (κ1) is 25.5. The monoisotopic (exact) mass is 464 g/mol. The molecule has 1 fully saturated rings. The summed E-state index contributed by atoms with van der Waals surface area (Å²) < 4.78 is 6.22. The van der Waals surface area contributed by atoms with Gasteiger partial charge in [-0.3, -0.25) is 4.79 Å². The zero-order valence-corrected chi connectivity index (χ0v) is 20.9. The third-order valence-corrected chi connectivity index (χ3v) is 7.42. The van der Waals surface area contributed by atoms with E-state index in [-0.39, 0.29) is 22.4 Å². The fourth-order valence-electron chi connectivity index (χ4n) is 5.14. The number of carboxylic acid groups (broad SMARTS) is 1. The van der Waals surface area contributed by atoms with E-state index >= 15 is 0 Å². The molecular weight excluding hydrogens is 428 g/mol. The molecule has 0 heterocycles. The maximum atomic E-state index is 12.8. The Hall–Kier alpha value is -3.08. The molecule has 0 saturated heterocycles. The van der Waals surface area contributed by atoms with E-state index in [1.54, 1.807) is 6.07 Å². The minimum Gasteiger partial charge on any atom is -0.507 e. The number of phenols is 1. The van der Waals surface area contributed by atoms with Crippen LogP contribution in [0.1, 0.15) is 82.1 Å². The highest BCUT2D eigenvalue weighted by Crippen LogP contribution is 2.42. The lowest BCUT2D eigenvalue weighted by Crippen LogP contribution is -2.42. The molecule has 1 atom stereocenters. The van der Waals surface area contributed by atoms with Crippen molar-refractivity contribution in [2.75, 3.05) is 0 Å². The average molecular weight is 465 g/mol. The van der Waals surface area contributed by atoms with Gasteiger partial charge in [-0.15, -0.1) is 0 Å². The van der Waals surface area contributed by atoms with Gasteiger partial charge in [0.25, 0.3) is 0 Å². The zero-order chi connectivity index (χ0) is 25.1. The molecule has 0 bridgehead atoms. The lowest BCUT2D eigenvalue weighted by atomic mass is 9.70. The Morgan fingerprint density at radius 3 is 2.41 bits per heavy atom. The third kappa shape index (κ3) is 5.03. The molecule has 1 unspecified atom stereocenters. The minimum atomic E-state index is -1.06. The first-order valence-electron chi connectivity index (χ1n) is 12.1. The minimum absolute atomic E-state index is 0.0438. The molecule has 2 N–H and O–H groups in total. The van der Waals surface area contributed by atoms with E-state index in [0.29, 0.717) is 5.56 Å². The van der Waals surface area contributed by atoms with E-state index in [2.05, 4.69) is 26.0 Å². The number of carboxylic acids is 1. The Morgan fingerprint density at radius 2 is 1.79 bits per heavy atom. The van der Waals surface area contributed by atoms with Crippen molar-refractivity contribution in [3.8, 4) is 11.5 Å². The Bertz CT molecular complexity index is 1090. The van der Waals surface area contributed by atoms with Gasteiger partial charge in [-0.05, 0) is 80.0 Å². The molecule has 34 heavy (non-hydrogen) atoms. The van der Waals surface area contributed by atoms with Gasteiger partial charge in [-0.25, -0.2) is 4.79 Å². The van der Waals surface area contributed by atoms with E-state index in [0.717, 1.165) is 60.6 Å². The molecule has 5 nitrogen and oxygen atoms in total. The van der Waals surface area contributed by atoms with Gasteiger partial charge in [0.1, 0.15) is 11.5 Å². The first-order chi connectivity index (χ1) is 16.0. The smallest absolute Gasteiger partial charge is 0.328 e. The van der Waals surface area contributed by atoms with Crippen LogP contribution in [0.2, 0.25) is 0 Å². The zero-order valence-electron chi connectivity index (χ0n) is 20.9. The van der Waals surface area contributed by atoms with Crippen molar-refractivity contribution < 1.29 is 24.5 Å². The fourth-order valence-corrected chi connectivity index (χ4v) is 5.14. The van der Waals surface area contributed by atoms with Crippen LogP contribution in [0.5, 0.6) is 11.5 Å². The van der Waals surface area contributed by atoms with Crippen molar-refractivity contribution in [1.29, 1.82) is 0 Å². The normalized spacial score (nSPS) is 18.3. The Labute approximate surface area is 202 Å². The Kier molecular flexibility index (Phi) is 7.54. The number of benzene rings is 2.